The predicted octanol–water partition coefficient (Wildman–Crippen LogP) is 14.4. The van der Waals surface area contributed by atoms with Gasteiger partial charge in [0, 0.05) is 22.2 Å². The number of rotatable bonds is 6. The third kappa shape index (κ3) is 5.04. The Morgan fingerprint density at radius 3 is 1.71 bits per heavy atom. The number of benzene rings is 9. The normalized spacial score (nSPS) is 11.5. The van der Waals surface area contributed by atoms with Crippen LogP contribution in [-0.2, 0) is 0 Å². The summed E-state index contributed by atoms with van der Waals surface area (Å²) >= 11 is 0. The van der Waals surface area contributed by atoms with E-state index in [0.717, 1.165) is 66.8 Å². The van der Waals surface area contributed by atoms with Crippen LogP contribution in [0.4, 0.5) is 17.1 Å². The summed E-state index contributed by atoms with van der Waals surface area (Å²) in [7, 11) is 0. The molecular weight excluding hydrogens is 631 g/mol. The standard InChI is InChI=1S/C50H33NO/c1-4-14-34(15-5-1)38-26-28-43(35-16-6-2-7-17-35)47(33-38)51(40-27-29-42-39(32-40)25-24-37-20-10-11-21-41(37)42)46-31-30-44(36-18-8-3-9-19-36)50-49(46)45-22-12-13-23-48(45)52-50/h1-33H. The lowest BCUT2D eigenvalue weighted by Gasteiger charge is -2.30. The lowest BCUT2D eigenvalue weighted by molar-refractivity contribution is 0.670. The summed E-state index contributed by atoms with van der Waals surface area (Å²) in [4.78, 5) is 2.45. The molecule has 0 saturated carbocycles. The van der Waals surface area contributed by atoms with Gasteiger partial charge in [0.25, 0.3) is 0 Å². The second-order valence-electron chi connectivity index (χ2n) is 13.3. The molecule has 0 atom stereocenters. The zero-order chi connectivity index (χ0) is 34.4. The molecule has 9 aromatic carbocycles. The van der Waals surface area contributed by atoms with Crippen molar-refractivity contribution in [2.75, 3.05) is 4.90 Å². The SMILES string of the molecule is c1ccc(-c2ccc(-c3ccccc3)c(N(c3ccc4c(ccc5ccccc54)c3)c3ccc(-c4ccccc4)c4oc5ccccc5c34)c2)cc1. The summed E-state index contributed by atoms with van der Waals surface area (Å²) in [6, 6.07) is 71.7. The maximum Gasteiger partial charge on any atom is 0.145 e. The Labute approximate surface area is 302 Å². The molecule has 10 aromatic rings. The molecular formula is C50H33NO. The maximum atomic E-state index is 6.80. The van der Waals surface area contributed by atoms with Gasteiger partial charge in [-0.05, 0) is 80.2 Å². The van der Waals surface area contributed by atoms with Crippen LogP contribution in [0.2, 0.25) is 0 Å². The van der Waals surface area contributed by atoms with E-state index in [0.29, 0.717) is 0 Å². The van der Waals surface area contributed by atoms with Gasteiger partial charge in [-0.2, -0.15) is 0 Å². The zero-order valence-electron chi connectivity index (χ0n) is 28.4. The van der Waals surface area contributed by atoms with E-state index in [1.807, 2.05) is 0 Å². The summed E-state index contributed by atoms with van der Waals surface area (Å²) in [6.07, 6.45) is 0. The van der Waals surface area contributed by atoms with E-state index in [1.165, 1.54) is 27.1 Å². The highest BCUT2D eigenvalue weighted by atomic mass is 16.3. The molecule has 0 radical (unpaired) electrons. The van der Waals surface area contributed by atoms with Crippen molar-refractivity contribution in [2.45, 2.75) is 0 Å². The Kier molecular flexibility index (Phi) is 7.18. The van der Waals surface area contributed by atoms with Gasteiger partial charge in [0.1, 0.15) is 11.2 Å². The molecule has 1 aromatic heterocycles. The highest BCUT2D eigenvalue weighted by Crippen LogP contribution is 2.49. The van der Waals surface area contributed by atoms with Crippen molar-refractivity contribution in [3.05, 3.63) is 200 Å². The minimum atomic E-state index is 0.869. The third-order valence-corrected chi connectivity index (χ3v) is 10.2. The quantitative estimate of drug-likeness (QED) is 0.165. The number of fused-ring (bicyclic) bond motifs is 6. The van der Waals surface area contributed by atoms with E-state index >= 15 is 0 Å². The molecule has 0 amide bonds. The molecule has 0 fully saturated rings. The molecule has 0 bridgehead atoms. The first-order valence-corrected chi connectivity index (χ1v) is 17.8. The molecule has 10 rings (SSSR count). The van der Waals surface area contributed by atoms with Crippen LogP contribution < -0.4 is 4.90 Å². The molecule has 0 aliphatic rings. The second kappa shape index (κ2) is 12.5. The molecule has 0 N–H and O–H groups in total. The van der Waals surface area contributed by atoms with Crippen LogP contribution in [0.25, 0.3) is 76.9 Å². The van der Waals surface area contributed by atoms with E-state index in [-0.39, 0.29) is 0 Å². The van der Waals surface area contributed by atoms with Gasteiger partial charge in [0.2, 0.25) is 0 Å². The molecule has 0 spiro atoms. The van der Waals surface area contributed by atoms with Gasteiger partial charge >= 0.3 is 0 Å². The van der Waals surface area contributed by atoms with Crippen molar-refractivity contribution in [1.29, 1.82) is 0 Å². The molecule has 52 heavy (non-hydrogen) atoms. The average molecular weight is 664 g/mol. The van der Waals surface area contributed by atoms with Crippen molar-refractivity contribution < 1.29 is 4.42 Å². The van der Waals surface area contributed by atoms with Crippen molar-refractivity contribution in [3.8, 4) is 33.4 Å². The van der Waals surface area contributed by atoms with Crippen molar-refractivity contribution in [1.82, 2.24) is 0 Å². The number of nitrogens with zero attached hydrogens (tertiary/aromatic N) is 1. The summed E-state index contributed by atoms with van der Waals surface area (Å²) in [6.45, 7) is 0. The van der Waals surface area contributed by atoms with Gasteiger partial charge < -0.3 is 9.32 Å². The fourth-order valence-electron chi connectivity index (χ4n) is 7.78. The minimum Gasteiger partial charge on any atom is -0.455 e. The van der Waals surface area contributed by atoms with Crippen molar-refractivity contribution in [2.24, 2.45) is 0 Å². The first-order chi connectivity index (χ1) is 25.8. The summed E-state index contributed by atoms with van der Waals surface area (Å²) in [5, 5.41) is 7.09. The topological polar surface area (TPSA) is 16.4 Å². The number of para-hydroxylation sites is 1. The lowest BCUT2D eigenvalue weighted by Crippen LogP contribution is -2.12. The molecule has 0 aliphatic carbocycles. The van der Waals surface area contributed by atoms with Crippen molar-refractivity contribution in [3.63, 3.8) is 0 Å². The Bertz CT molecular complexity index is 2890. The van der Waals surface area contributed by atoms with Crippen LogP contribution in [0, 0.1) is 0 Å². The van der Waals surface area contributed by atoms with E-state index < -0.39 is 0 Å². The van der Waals surface area contributed by atoms with Crippen LogP contribution >= 0.6 is 0 Å². The van der Waals surface area contributed by atoms with Crippen LogP contribution in [0.5, 0.6) is 0 Å². The van der Waals surface area contributed by atoms with Crippen LogP contribution in [-0.4, -0.2) is 0 Å². The fraction of sp³-hybridized carbons (Fsp3) is 0. The predicted molar refractivity (Wildman–Crippen MR) is 220 cm³/mol. The minimum absolute atomic E-state index is 0.869. The van der Waals surface area contributed by atoms with Crippen LogP contribution in [0.15, 0.2) is 205 Å². The van der Waals surface area contributed by atoms with Crippen molar-refractivity contribution >= 4 is 60.5 Å². The summed E-state index contributed by atoms with van der Waals surface area (Å²) in [5.74, 6) is 0. The van der Waals surface area contributed by atoms with Gasteiger partial charge in [0.05, 0.1) is 16.8 Å². The molecule has 0 unspecified atom stereocenters. The first kappa shape index (κ1) is 30.0. The number of hydrogen-bond acceptors (Lipinski definition) is 2. The smallest absolute Gasteiger partial charge is 0.145 e. The molecule has 244 valence electrons. The highest BCUT2D eigenvalue weighted by molar-refractivity contribution is 6.18. The molecule has 0 aliphatic heterocycles. The van der Waals surface area contributed by atoms with Crippen LogP contribution in [0.3, 0.4) is 0 Å². The number of anilines is 3. The van der Waals surface area contributed by atoms with Crippen LogP contribution in [0.1, 0.15) is 0 Å². The van der Waals surface area contributed by atoms with Gasteiger partial charge in [-0.15, -0.1) is 0 Å². The Balaban J connectivity index is 1.32. The third-order valence-electron chi connectivity index (χ3n) is 10.2. The van der Waals surface area contributed by atoms with E-state index in [4.69, 9.17) is 4.42 Å². The summed E-state index contributed by atoms with van der Waals surface area (Å²) in [5.41, 5.74) is 11.8. The Hall–Kier alpha value is -6.90. The van der Waals surface area contributed by atoms with Gasteiger partial charge in [-0.3, -0.25) is 0 Å². The number of hydrogen-bond donors (Lipinski definition) is 0. The Morgan fingerprint density at radius 2 is 0.942 bits per heavy atom. The van der Waals surface area contributed by atoms with E-state index in [9.17, 15) is 0 Å². The largest absolute Gasteiger partial charge is 0.455 e. The monoisotopic (exact) mass is 663 g/mol. The van der Waals surface area contributed by atoms with Gasteiger partial charge in [-0.1, -0.05) is 164 Å². The van der Waals surface area contributed by atoms with Gasteiger partial charge in [-0.25, -0.2) is 0 Å². The zero-order valence-corrected chi connectivity index (χ0v) is 28.4. The highest BCUT2D eigenvalue weighted by Gasteiger charge is 2.25. The molecule has 2 nitrogen and oxygen atoms in total. The average Bonchev–Trinajstić information content (AvgIpc) is 3.62. The van der Waals surface area contributed by atoms with Gasteiger partial charge in [0.15, 0.2) is 0 Å². The van der Waals surface area contributed by atoms with E-state index in [2.05, 4.69) is 205 Å². The Morgan fingerprint density at radius 1 is 0.346 bits per heavy atom. The molecule has 2 heteroatoms. The molecule has 0 saturated heterocycles. The maximum absolute atomic E-state index is 6.80. The molecule has 1 heterocycles. The fourth-order valence-corrected chi connectivity index (χ4v) is 7.78. The number of furan rings is 1. The first-order valence-electron chi connectivity index (χ1n) is 17.8. The second-order valence-corrected chi connectivity index (χ2v) is 13.3. The van der Waals surface area contributed by atoms with E-state index in [1.54, 1.807) is 0 Å². The lowest BCUT2D eigenvalue weighted by atomic mass is 9.95. The summed E-state index contributed by atoms with van der Waals surface area (Å²) < 4.78 is 6.80.